The zero-order valence-corrected chi connectivity index (χ0v) is 12.7. The zero-order valence-electron chi connectivity index (χ0n) is 12.7. The highest BCUT2D eigenvalue weighted by atomic mass is 16.1. The smallest absolute Gasteiger partial charge is 0.270 e. The molecular formula is C16H23N3O. The second-order valence-corrected chi connectivity index (χ2v) is 5.63. The van der Waals surface area contributed by atoms with Crippen molar-refractivity contribution in [1.82, 2.24) is 14.7 Å². The Morgan fingerprint density at radius 2 is 2.20 bits per heavy atom. The molecule has 0 aliphatic rings. The van der Waals surface area contributed by atoms with E-state index in [1.54, 1.807) is 0 Å². The summed E-state index contributed by atoms with van der Waals surface area (Å²) in [6.45, 7) is 9.07. The van der Waals surface area contributed by atoms with Crippen molar-refractivity contribution in [2.24, 2.45) is 5.92 Å². The second-order valence-electron chi connectivity index (χ2n) is 5.63. The third-order valence-corrected chi connectivity index (χ3v) is 3.41. The fourth-order valence-electron chi connectivity index (χ4n) is 2.24. The lowest BCUT2D eigenvalue weighted by Crippen LogP contribution is -2.27. The van der Waals surface area contributed by atoms with E-state index in [1.807, 2.05) is 36.6 Å². The number of nitrogens with zero attached hydrogens (tertiary/aromatic N) is 2. The first-order valence-corrected chi connectivity index (χ1v) is 7.28. The van der Waals surface area contributed by atoms with Crippen LogP contribution in [-0.2, 0) is 6.42 Å². The van der Waals surface area contributed by atoms with Crippen LogP contribution in [0.5, 0.6) is 0 Å². The fourth-order valence-corrected chi connectivity index (χ4v) is 2.24. The van der Waals surface area contributed by atoms with Crippen molar-refractivity contribution < 1.29 is 4.79 Å². The number of pyridine rings is 1. The summed E-state index contributed by atoms with van der Waals surface area (Å²) in [5.74, 6) is 0.560. The Morgan fingerprint density at radius 3 is 2.85 bits per heavy atom. The average Bonchev–Trinajstić information content (AvgIpc) is 2.75. The molecule has 20 heavy (non-hydrogen) atoms. The van der Waals surface area contributed by atoms with Gasteiger partial charge in [-0.1, -0.05) is 20.8 Å². The Bertz CT molecular complexity index is 613. The van der Waals surface area contributed by atoms with E-state index in [0.29, 0.717) is 18.2 Å². The topological polar surface area (TPSA) is 46.4 Å². The molecule has 0 atom stereocenters. The van der Waals surface area contributed by atoms with Crippen LogP contribution in [-0.4, -0.2) is 21.8 Å². The van der Waals surface area contributed by atoms with Crippen LogP contribution in [0.2, 0.25) is 0 Å². The van der Waals surface area contributed by atoms with E-state index in [9.17, 15) is 4.79 Å². The van der Waals surface area contributed by atoms with E-state index in [0.717, 1.165) is 29.7 Å². The Balaban J connectivity index is 2.29. The van der Waals surface area contributed by atoms with E-state index in [2.05, 4.69) is 24.1 Å². The maximum Gasteiger partial charge on any atom is 0.270 e. The predicted octanol–water partition coefficient (Wildman–Crippen LogP) is 2.98. The van der Waals surface area contributed by atoms with Crippen LogP contribution < -0.4 is 5.32 Å². The van der Waals surface area contributed by atoms with Crippen molar-refractivity contribution >= 4 is 11.6 Å². The average molecular weight is 273 g/mol. The van der Waals surface area contributed by atoms with Crippen LogP contribution in [0.15, 0.2) is 18.3 Å². The molecular weight excluding hydrogens is 250 g/mol. The molecule has 2 rings (SSSR count). The molecule has 2 aromatic heterocycles. The van der Waals surface area contributed by atoms with Crippen LogP contribution >= 0.6 is 0 Å². The molecule has 2 aromatic rings. The highest BCUT2D eigenvalue weighted by Gasteiger charge is 2.17. The summed E-state index contributed by atoms with van der Waals surface area (Å²) in [6, 6.07) is 4.00. The molecule has 0 saturated heterocycles. The highest BCUT2D eigenvalue weighted by molar-refractivity contribution is 5.94. The highest BCUT2D eigenvalue weighted by Crippen LogP contribution is 2.15. The van der Waals surface area contributed by atoms with Gasteiger partial charge < -0.3 is 5.32 Å². The minimum absolute atomic E-state index is 0.0288. The lowest BCUT2D eigenvalue weighted by molar-refractivity contribution is 0.0945. The number of fused-ring (bicyclic) bond motifs is 1. The number of hydrogen-bond acceptors (Lipinski definition) is 2. The summed E-state index contributed by atoms with van der Waals surface area (Å²) >= 11 is 0. The Hall–Kier alpha value is -1.84. The molecule has 0 unspecified atom stereocenters. The van der Waals surface area contributed by atoms with Crippen molar-refractivity contribution in [2.75, 3.05) is 6.54 Å². The first-order chi connectivity index (χ1) is 9.52. The zero-order chi connectivity index (χ0) is 14.7. The lowest BCUT2D eigenvalue weighted by Gasteiger charge is -2.08. The lowest BCUT2D eigenvalue weighted by atomic mass is 10.1. The van der Waals surface area contributed by atoms with Gasteiger partial charge in [0.15, 0.2) is 0 Å². The molecule has 0 saturated carbocycles. The summed E-state index contributed by atoms with van der Waals surface area (Å²) in [4.78, 5) is 17.0. The molecule has 0 radical (unpaired) electrons. The van der Waals surface area contributed by atoms with Crippen molar-refractivity contribution in [2.45, 2.75) is 40.5 Å². The first kappa shape index (κ1) is 14.6. The number of hydrogen-bond donors (Lipinski definition) is 1. The van der Waals surface area contributed by atoms with E-state index in [-0.39, 0.29) is 5.91 Å². The maximum absolute atomic E-state index is 12.4. The standard InChI is InChI=1S/C16H23N3O/c1-5-13-15(16(20)17-8-6-11(2)3)19-9-7-12(4)10-14(19)18-13/h7,9-11H,5-6,8H2,1-4H3,(H,17,20). The van der Waals surface area contributed by atoms with Crippen molar-refractivity contribution in [3.05, 3.63) is 35.3 Å². The first-order valence-electron chi connectivity index (χ1n) is 7.28. The van der Waals surface area contributed by atoms with Crippen LogP contribution in [0, 0.1) is 12.8 Å². The van der Waals surface area contributed by atoms with Crippen molar-refractivity contribution in [1.29, 1.82) is 0 Å². The Labute approximate surface area is 120 Å². The van der Waals surface area contributed by atoms with Crippen molar-refractivity contribution in [3.8, 4) is 0 Å². The number of imidazole rings is 1. The number of nitrogens with one attached hydrogen (secondary N) is 1. The van der Waals surface area contributed by atoms with Gasteiger partial charge in [0, 0.05) is 12.7 Å². The van der Waals surface area contributed by atoms with Gasteiger partial charge in [0.1, 0.15) is 11.3 Å². The van der Waals surface area contributed by atoms with Gasteiger partial charge in [-0.3, -0.25) is 9.20 Å². The van der Waals surface area contributed by atoms with Gasteiger partial charge in [-0.2, -0.15) is 0 Å². The van der Waals surface area contributed by atoms with Crippen molar-refractivity contribution in [3.63, 3.8) is 0 Å². The number of carbonyl (C=O) groups is 1. The van der Waals surface area contributed by atoms with Crippen LogP contribution in [0.4, 0.5) is 0 Å². The molecule has 4 nitrogen and oxygen atoms in total. The molecule has 4 heteroatoms. The minimum atomic E-state index is -0.0288. The number of amides is 1. The largest absolute Gasteiger partial charge is 0.351 e. The Morgan fingerprint density at radius 1 is 1.45 bits per heavy atom. The van der Waals surface area contributed by atoms with E-state index >= 15 is 0 Å². The van der Waals surface area contributed by atoms with E-state index < -0.39 is 0 Å². The predicted molar refractivity (Wildman–Crippen MR) is 81.1 cm³/mol. The monoisotopic (exact) mass is 273 g/mol. The fraction of sp³-hybridized carbons (Fsp3) is 0.500. The molecule has 0 bridgehead atoms. The van der Waals surface area contributed by atoms with Crippen LogP contribution in [0.3, 0.4) is 0 Å². The quantitative estimate of drug-likeness (QED) is 0.910. The number of rotatable bonds is 5. The van der Waals surface area contributed by atoms with Gasteiger partial charge in [-0.25, -0.2) is 4.98 Å². The Kier molecular flexibility index (Phi) is 4.42. The van der Waals surface area contributed by atoms with Gasteiger partial charge in [0.25, 0.3) is 5.91 Å². The molecule has 0 fully saturated rings. The summed E-state index contributed by atoms with van der Waals surface area (Å²) < 4.78 is 1.89. The van der Waals surface area contributed by atoms with E-state index in [4.69, 9.17) is 0 Å². The maximum atomic E-state index is 12.4. The van der Waals surface area contributed by atoms with Gasteiger partial charge in [0.2, 0.25) is 0 Å². The van der Waals surface area contributed by atoms with Gasteiger partial charge in [-0.15, -0.1) is 0 Å². The van der Waals surface area contributed by atoms with E-state index in [1.165, 1.54) is 0 Å². The molecule has 2 heterocycles. The second kappa shape index (κ2) is 6.07. The number of aryl methyl sites for hydroxylation is 2. The third kappa shape index (κ3) is 3.00. The molecule has 0 aliphatic carbocycles. The normalized spacial score (nSPS) is 11.2. The summed E-state index contributed by atoms with van der Waals surface area (Å²) in [7, 11) is 0. The summed E-state index contributed by atoms with van der Waals surface area (Å²) in [6.07, 6.45) is 3.67. The molecule has 1 N–H and O–H groups in total. The SMILES string of the molecule is CCc1nc2cc(C)ccn2c1C(=O)NCCC(C)C. The summed E-state index contributed by atoms with van der Waals surface area (Å²) in [5.41, 5.74) is 3.52. The van der Waals surface area contributed by atoms with Gasteiger partial charge in [0.05, 0.1) is 5.69 Å². The van der Waals surface area contributed by atoms with Gasteiger partial charge in [-0.05, 0) is 43.4 Å². The number of aromatic nitrogens is 2. The third-order valence-electron chi connectivity index (χ3n) is 3.41. The molecule has 1 amide bonds. The molecule has 0 aromatic carbocycles. The summed E-state index contributed by atoms with van der Waals surface area (Å²) in [5, 5.41) is 3.00. The molecule has 108 valence electrons. The van der Waals surface area contributed by atoms with Gasteiger partial charge >= 0.3 is 0 Å². The number of carbonyl (C=O) groups excluding carboxylic acids is 1. The minimum Gasteiger partial charge on any atom is -0.351 e. The van der Waals surface area contributed by atoms with Crippen LogP contribution in [0.25, 0.3) is 5.65 Å². The molecule has 0 spiro atoms. The molecule has 0 aliphatic heterocycles. The van der Waals surface area contributed by atoms with Crippen LogP contribution in [0.1, 0.15) is 48.9 Å².